The van der Waals surface area contributed by atoms with Crippen molar-refractivity contribution in [3.8, 4) is 17.5 Å². The van der Waals surface area contributed by atoms with E-state index < -0.39 is 0 Å². The van der Waals surface area contributed by atoms with Gasteiger partial charge in [-0.1, -0.05) is 25.6 Å². The number of fused-ring (bicyclic) bond motifs is 1. The van der Waals surface area contributed by atoms with Gasteiger partial charge in [-0.25, -0.2) is 9.97 Å². The van der Waals surface area contributed by atoms with Crippen LogP contribution in [-0.4, -0.2) is 59.0 Å². The summed E-state index contributed by atoms with van der Waals surface area (Å²) in [6.45, 7) is 4.75. The highest BCUT2D eigenvalue weighted by molar-refractivity contribution is 5.99. The van der Waals surface area contributed by atoms with E-state index in [0.717, 1.165) is 78.9 Å². The molecule has 2 aromatic carbocycles. The highest BCUT2D eigenvalue weighted by Crippen LogP contribution is 2.41. The number of hydrogen-bond donors (Lipinski definition) is 1. The summed E-state index contributed by atoms with van der Waals surface area (Å²) in [5.41, 5.74) is 6.62. The van der Waals surface area contributed by atoms with Crippen molar-refractivity contribution in [2.45, 2.75) is 52.6 Å². The lowest BCUT2D eigenvalue weighted by molar-refractivity contribution is 0.198. The molecule has 1 N–H and O–H groups in total. The minimum absolute atomic E-state index is 0. The molecule has 5 rings (SSSR count). The molecule has 0 unspecified atom stereocenters. The van der Waals surface area contributed by atoms with Crippen LogP contribution in [0.4, 0.5) is 4.39 Å². The molecule has 6 nitrogen and oxygen atoms in total. The van der Waals surface area contributed by atoms with Gasteiger partial charge >= 0.3 is 6.01 Å². The number of halogens is 1. The van der Waals surface area contributed by atoms with E-state index in [0.29, 0.717) is 19.0 Å². The molecule has 1 aliphatic carbocycles. The van der Waals surface area contributed by atoms with E-state index in [1.807, 2.05) is 43.6 Å². The number of benzene rings is 2. The summed E-state index contributed by atoms with van der Waals surface area (Å²) < 4.78 is 24.2. The number of aromatic nitrogens is 2. The smallest absolute Gasteiger partial charge is 0.316 e. The van der Waals surface area contributed by atoms with Gasteiger partial charge in [0, 0.05) is 37.6 Å². The Morgan fingerprint density at radius 1 is 1.05 bits per heavy atom. The molecule has 1 atom stereocenters. The Hall–Kier alpha value is -3.45. The standard InChI is InChI=1S/C30H34FN3O3.CH4/c1-2-36-30-32-18-23(19-33-30)27-6-3-5-22-17-24(35)9-12-28(22)29(27)21-7-10-25(11-8-21)37-26-13-16-34(20-26)15-4-14-31;/h7-12,17-19,26,35H,2-6,13-16,20H2,1H3;1H4/t26-;/m0./s1. The molecule has 0 amide bonds. The lowest BCUT2D eigenvalue weighted by Crippen LogP contribution is -2.26. The van der Waals surface area contributed by atoms with Gasteiger partial charge in [-0.15, -0.1) is 0 Å². The Morgan fingerprint density at radius 3 is 2.58 bits per heavy atom. The normalized spacial score (nSPS) is 17.5. The van der Waals surface area contributed by atoms with Crippen molar-refractivity contribution in [2.24, 2.45) is 0 Å². The fourth-order valence-corrected chi connectivity index (χ4v) is 5.34. The van der Waals surface area contributed by atoms with Crippen LogP contribution >= 0.6 is 0 Å². The molecule has 38 heavy (non-hydrogen) atoms. The van der Waals surface area contributed by atoms with Crippen molar-refractivity contribution in [1.82, 2.24) is 14.9 Å². The third-order valence-electron chi connectivity index (χ3n) is 7.07. The fourth-order valence-electron chi connectivity index (χ4n) is 5.34. The molecule has 1 aromatic heterocycles. The molecule has 2 heterocycles. The number of hydrogen-bond acceptors (Lipinski definition) is 6. The quantitative estimate of drug-likeness (QED) is 0.357. The molecule has 202 valence electrons. The van der Waals surface area contributed by atoms with Gasteiger partial charge in [-0.3, -0.25) is 9.29 Å². The van der Waals surface area contributed by atoms with E-state index >= 15 is 0 Å². The number of likely N-dealkylation sites (tertiary alicyclic amines) is 1. The van der Waals surface area contributed by atoms with Crippen molar-refractivity contribution in [3.05, 3.63) is 77.1 Å². The summed E-state index contributed by atoms with van der Waals surface area (Å²) in [6, 6.07) is 14.3. The molecule has 3 aromatic rings. The van der Waals surface area contributed by atoms with Crippen LogP contribution in [0.15, 0.2) is 54.9 Å². The van der Waals surface area contributed by atoms with Gasteiger partial charge in [-0.2, -0.15) is 0 Å². The van der Waals surface area contributed by atoms with Crippen LogP contribution in [0.25, 0.3) is 11.1 Å². The third kappa shape index (κ3) is 6.33. The summed E-state index contributed by atoms with van der Waals surface area (Å²) in [5.74, 6) is 1.12. The second-order valence-corrected chi connectivity index (χ2v) is 9.63. The van der Waals surface area contributed by atoms with Crippen LogP contribution in [0.5, 0.6) is 17.5 Å². The van der Waals surface area contributed by atoms with Crippen molar-refractivity contribution in [3.63, 3.8) is 0 Å². The van der Waals surface area contributed by atoms with Crippen molar-refractivity contribution in [1.29, 1.82) is 0 Å². The highest BCUT2D eigenvalue weighted by Gasteiger charge is 2.24. The fraction of sp³-hybridized carbons (Fsp3) is 0.419. The van der Waals surface area contributed by atoms with Gasteiger partial charge < -0.3 is 14.6 Å². The van der Waals surface area contributed by atoms with Gasteiger partial charge in [0.05, 0.1) is 13.3 Å². The molecular formula is C31H38FN3O3. The highest BCUT2D eigenvalue weighted by atomic mass is 19.1. The van der Waals surface area contributed by atoms with Crippen LogP contribution in [0.3, 0.4) is 0 Å². The molecule has 0 bridgehead atoms. The van der Waals surface area contributed by atoms with Crippen LogP contribution in [0.2, 0.25) is 0 Å². The van der Waals surface area contributed by atoms with Gasteiger partial charge in [0.2, 0.25) is 0 Å². The molecule has 1 aliphatic heterocycles. The monoisotopic (exact) mass is 519 g/mol. The Kier molecular flexibility index (Phi) is 9.34. The summed E-state index contributed by atoms with van der Waals surface area (Å²) >= 11 is 0. The first-order valence-electron chi connectivity index (χ1n) is 13.2. The number of ether oxygens (including phenoxy) is 2. The van der Waals surface area contributed by atoms with E-state index in [-0.39, 0.29) is 26.0 Å². The molecule has 0 radical (unpaired) electrons. The zero-order chi connectivity index (χ0) is 25.6. The van der Waals surface area contributed by atoms with Gasteiger partial charge in [-0.05, 0) is 91.1 Å². The second-order valence-electron chi connectivity index (χ2n) is 9.63. The molecule has 1 saturated heterocycles. The number of aryl methyl sites for hydroxylation is 1. The Balaban J connectivity index is 0.00000336. The number of alkyl halides is 1. The maximum atomic E-state index is 12.5. The van der Waals surface area contributed by atoms with E-state index in [1.54, 1.807) is 6.07 Å². The van der Waals surface area contributed by atoms with Crippen LogP contribution in [0, 0.1) is 0 Å². The average molecular weight is 520 g/mol. The first kappa shape index (κ1) is 27.6. The predicted octanol–water partition coefficient (Wildman–Crippen LogP) is 6.33. The van der Waals surface area contributed by atoms with Gasteiger partial charge in [0.1, 0.15) is 17.6 Å². The summed E-state index contributed by atoms with van der Waals surface area (Å²) in [7, 11) is 0. The van der Waals surface area contributed by atoms with Gasteiger partial charge in [0.15, 0.2) is 0 Å². The van der Waals surface area contributed by atoms with Crippen molar-refractivity contribution >= 4 is 11.1 Å². The number of rotatable bonds is 9. The Morgan fingerprint density at radius 2 is 1.84 bits per heavy atom. The lowest BCUT2D eigenvalue weighted by atomic mass is 9.88. The largest absolute Gasteiger partial charge is 0.508 e. The predicted molar refractivity (Wildman–Crippen MR) is 149 cm³/mol. The first-order valence-corrected chi connectivity index (χ1v) is 13.2. The lowest BCUT2D eigenvalue weighted by Gasteiger charge is -2.18. The van der Waals surface area contributed by atoms with Crippen molar-refractivity contribution in [2.75, 3.05) is 32.9 Å². The first-order chi connectivity index (χ1) is 18.1. The Bertz CT molecular complexity index is 1230. The minimum Gasteiger partial charge on any atom is -0.508 e. The molecule has 2 aliphatic rings. The zero-order valence-corrected chi connectivity index (χ0v) is 21.3. The molecule has 0 spiro atoms. The van der Waals surface area contributed by atoms with Crippen LogP contribution in [0.1, 0.15) is 62.3 Å². The number of phenols is 1. The van der Waals surface area contributed by atoms with E-state index in [2.05, 4.69) is 27.0 Å². The number of aromatic hydroxyl groups is 1. The maximum Gasteiger partial charge on any atom is 0.316 e. The molecule has 0 saturated carbocycles. The summed E-state index contributed by atoms with van der Waals surface area (Å²) in [5, 5.41) is 10.2. The molecular weight excluding hydrogens is 481 g/mol. The Labute approximate surface area is 225 Å². The second kappa shape index (κ2) is 12.9. The average Bonchev–Trinajstić information content (AvgIpc) is 3.27. The van der Waals surface area contributed by atoms with Crippen molar-refractivity contribution < 1.29 is 19.0 Å². The summed E-state index contributed by atoms with van der Waals surface area (Å²) in [4.78, 5) is 11.1. The molecule has 7 heteroatoms. The third-order valence-corrected chi connectivity index (χ3v) is 7.07. The van der Waals surface area contributed by atoms with E-state index in [9.17, 15) is 9.50 Å². The summed E-state index contributed by atoms with van der Waals surface area (Å²) in [6.07, 6.45) is 8.06. The SMILES string of the molecule is C.CCOc1ncc(C2=C(c3ccc(O[C@H]4CCN(CCCF)C4)cc3)c3ccc(O)cc3CCC2)cn1. The zero-order valence-electron chi connectivity index (χ0n) is 21.3. The number of phenolic OH excluding ortho intramolecular Hbond substituents is 1. The van der Waals surface area contributed by atoms with E-state index in [1.165, 1.54) is 5.57 Å². The van der Waals surface area contributed by atoms with Crippen LogP contribution < -0.4 is 9.47 Å². The number of nitrogens with zero attached hydrogens (tertiary/aromatic N) is 3. The minimum atomic E-state index is -0.271. The number of allylic oxidation sites excluding steroid dienone is 1. The molecule has 1 fully saturated rings. The van der Waals surface area contributed by atoms with Crippen LogP contribution in [-0.2, 0) is 6.42 Å². The van der Waals surface area contributed by atoms with Gasteiger partial charge in [0.25, 0.3) is 0 Å². The van der Waals surface area contributed by atoms with E-state index in [4.69, 9.17) is 9.47 Å². The topological polar surface area (TPSA) is 67.7 Å². The maximum absolute atomic E-state index is 12.5.